The predicted octanol–water partition coefficient (Wildman–Crippen LogP) is 5.13. The standard InChI is InChI=1S/C28H35BF3NO6/c1-26(2)27(3,4)39-29(38-26)21-12-14-22(15-13-21)37-23(7-6-17-28(30,31)32)19-8-10-20(11-9-19)25(35)33-18-16-24(34)36-5/h8-15,23H,6-7,16-18H2,1-5H3,(H,33,35). The Kier molecular flexibility index (Phi) is 9.71. The van der Waals surface area contributed by atoms with Gasteiger partial charge in [0.25, 0.3) is 5.91 Å². The Bertz CT molecular complexity index is 1100. The second-order valence-corrected chi connectivity index (χ2v) is 10.5. The number of esters is 1. The maximum absolute atomic E-state index is 12.8. The number of halogens is 3. The van der Waals surface area contributed by atoms with Crippen molar-refractivity contribution in [3.63, 3.8) is 0 Å². The van der Waals surface area contributed by atoms with Gasteiger partial charge < -0.3 is 24.1 Å². The molecule has 2 aromatic carbocycles. The molecular weight excluding hydrogens is 514 g/mol. The molecule has 0 aliphatic carbocycles. The minimum absolute atomic E-state index is 0.0444. The Labute approximate surface area is 227 Å². The van der Waals surface area contributed by atoms with Crippen molar-refractivity contribution in [2.45, 2.75) is 76.9 Å². The zero-order chi connectivity index (χ0) is 28.8. The highest BCUT2D eigenvalue weighted by molar-refractivity contribution is 6.62. The van der Waals surface area contributed by atoms with Crippen LogP contribution in [0.1, 0.15) is 75.4 Å². The van der Waals surface area contributed by atoms with E-state index in [-0.39, 0.29) is 31.7 Å². The van der Waals surface area contributed by atoms with Crippen molar-refractivity contribution in [3.8, 4) is 5.75 Å². The molecule has 1 heterocycles. The number of rotatable bonds is 11. The van der Waals surface area contributed by atoms with Crippen molar-refractivity contribution in [1.29, 1.82) is 0 Å². The van der Waals surface area contributed by atoms with Crippen molar-refractivity contribution in [3.05, 3.63) is 59.7 Å². The lowest BCUT2D eigenvalue weighted by atomic mass is 9.79. The number of hydrogen-bond acceptors (Lipinski definition) is 6. The first kappa shape index (κ1) is 30.5. The fourth-order valence-electron chi connectivity index (χ4n) is 3.96. The van der Waals surface area contributed by atoms with Crippen LogP contribution in [0.3, 0.4) is 0 Å². The van der Waals surface area contributed by atoms with Gasteiger partial charge in [0.15, 0.2) is 0 Å². The van der Waals surface area contributed by atoms with Gasteiger partial charge in [0.05, 0.1) is 24.7 Å². The van der Waals surface area contributed by atoms with Crippen LogP contribution in [0.2, 0.25) is 0 Å². The number of carbonyl (C=O) groups excluding carboxylic acids is 2. The van der Waals surface area contributed by atoms with Crippen LogP contribution >= 0.6 is 0 Å². The molecule has 0 spiro atoms. The van der Waals surface area contributed by atoms with Gasteiger partial charge in [-0.2, -0.15) is 13.2 Å². The molecule has 39 heavy (non-hydrogen) atoms. The lowest BCUT2D eigenvalue weighted by Crippen LogP contribution is -2.41. The number of amides is 1. The van der Waals surface area contributed by atoms with Crippen LogP contribution in [0.5, 0.6) is 5.75 Å². The van der Waals surface area contributed by atoms with E-state index >= 15 is 0 Å². The van der Waals surface area contributed by atoms with E-state index in [0.29, 0.717) is 16.9 Å². The monoisotopic (exact) mass is 549 g/mol. The maximum atomic E-state index is 12.8. The zero-order valence-corrected chi connectivity index (χ0v) is 22.9. The summed E-state index contributed by atoms with van der Waals surface area (Å²) in [5.74, 6) is -0.330. The summed E-state index contributed by atoms with van der Waals surface area (Å²) in [6.45, 7) is 7.99. The number of nitrogens with one attached hydrogen (secondary N) is 1. The van der Waals surface area contributed by atoms with Gasteiger partial charge in [0.2, 0.25) is 0 Å². The Morgan fingerprint density at radius 2 is 1.56 bits per heavy atom. The summed E-state index contributed by atoms with van der Waals surface area (Å²) in [6.07, 6.45) is -5.79. The van der Waals surface area contributed by atoms with E-state index in [1.807, 2.05) is 39.8 Å². The van der Waals surface area contributed by atoms with Crippen LogP contribution in [-0.2, 0) is 18.8 Å². The summed E-state index contributed by atoms with van der Waals surface area (Å²) < 4.78 is 61.3. The van der Waals surface area contributed by atoms with Crippen molar-refractivity contribution < 1.29 is 41.5 Å². The highest BCUT2D eigenvalue weighted by atomic mass is 19.4. The third-order valence-electron chi connectivity index (χ3n) is 7.00. The minimum Gasteiger partial charge on any atom is -0.486 e. The topological polar surface area (TPSA) is 83.1 Å². The van der Waals surface area contributed by atoms with E-state index in [1.165, 1.54) is 7.11 Å². The molecule has 0 aromatic heterocycles. The summed E-state index contributed by atoms with van der Waals surface area (Å²) >= 11 is 0. The van der Waals surface area contributed by atoms with Crippen LogP contribution in [-0.4, -0.2) is 50.0 Å². The average Bonchev–Trinajstić information content (AvgIpc) is 3.09. The molecule has 0 saturated carbocycles. The molecule has 0 bridgehead atoms. The van der Waals surface area contributed by atoms with E-state index in [4.69, 9.17) is 14.0 Å². The van der Waals surface area contributed by atoms with Gasteiger partial charge in [-0.05, 0) is 75.8 Å². The second kappa shape index (κ2) is 12.4. The molecular formula is C28H35BF3NO6. The van der Waals surface area contributed by atoms with E-state index in [1.54, 1.807) is 36.4 Å². The Morgan fingerprint density at radius 1 is 0.974 bits per heavy atom. The van der Waals surface area contributed by atoms with Gasteiger partial charge in [-0.15, -0.1) is 0 Å². The highest BCUT2D eigenvalue weighted by Gasteiger charge is 2.51. The number of alkyl halides is 3. The average molecular weight is 549 g/mol. The summed E-state index contributed by atoms with van der Waals surface area (Å²) in [5, 5.41) is 2.63. The molecule has 1 aliphatic heterocycles. The summed E-state index contributed by atoms with van der Waals surface area (Å²) in [7, 11) is 0.724. The van der Waals surface area contributed by atoms with E-state index in [2.05, 4.69) is 10.1 Å². The van der Waals surface area contributed by atoms with E-state index in [9.17, 15) is 22.8 Å². The molecule has 1 amide bonds. The fourth-order valence-corrected chi connectivity index (χ4v) is 3.96. The van der Waals surface area contributed by atoms with Crippen LogP contribution in [0.15, 0.2) is 48.5 Å². The third-order valence-corrected chi connectivity index (χ3v) is 7.00. The van der Waals surface area contributed by atoms with Crippen molar-refractivity contribution in [2.24, 2.45) is 0 Å². The Hall–Kier alpha value is -3.05. The predicted molar refractivity (Wildman–Crippen MR) is 141 cm³/mol. The van der Waals surface area contributed by atoms with Crippen LogP contribution < -0.4 is 15.5 Å². The van der Waals surface area contributed by atoms with Gasteiger partial charge in [0, 0.05) is 18.5 Å². The second-order valence-electron chi connectivity index (χ2n) is 10.5. The molecule has 0 radical (unpaired) electrons. The molecule has 2 aromatic rings. The molecule has 1 unspecified atom stereocenters. The van der Waals surface area contributed by atoms with Gasteiger partial charge in [-0.1, -0.05) is 24.3 Å². The van der Waals surface area contributed by atoms with Crippen molar-refractivity contribution in [2.75, 3.05) is 13.7 Å². The van der Waals surface area contributed by atoms with Gasteiger partial charge in [0.1, 0.15) is 11.9 Å². The van der Waals surface area contributed by atoms with Crippen molar-refractivity contribution >= 4 is 24.5 Å². The summed E-state index contributed by atoms with van der Waals surface area (Å²) in [6, 6.07) is 13.6. The normalized spacial score (nSPS) is 17.0. The highest BCUT2D eigenvalue weighted by Crippen LogP contribution is 2.37. The van der Waals surface area contributed by atoms with Gasteiger partial charge in [-0.25, -0.2) is 0 Å². The number of ether oxygens (including phenoxy) is 2. The van der Waals surface area contributed by atoms with E-state index < -0.39 is 43.0 Å². The van der Waals surface area contributed by atoms with Gasteiger partial charge in [-0.3, -0.25) is 9.59 Å². The molecule has 212 valence electrons. The molecule has 1 fully saturated rings. The zero-order valence-electron chi connectivity index (χ0n) is 22.9. The largest absolute Gasteiger partial charge is 0.494 e. The molecule has 11 heteroatoms. The number of methoxy groups -OCH3 is 1. The van der Waals surface area contributed by atoms with Crippen LogP contribution in [0.4, 0.5) is 13.2 Å². The quantitative estimate of drug-likeness (QED) is 0.309. The van der Waals surface area contributed by atoms with Crippen molar-refractivity contribution in [1.82, 2.24) is 5.32 Å². The number of benzene rings is 2. The first-order valence-electron chi connectivity index (χ1n) is 12.8. The summed E-state index contributed by atoms with van der Waals surface area (Å²) in [5.41, 5.74) is 0.821. The Balaban J connectivity index is 1.69. The molecule has 7 nitrogen and oxygen atoms in total. The molecule has 1 saturated heterocycles. The molecule has 3 rings (SSSR count). The van der Waals surface area contributed by atoms with E-state index in [0.717, 1.165) is 5.46 Å². The maximum Gasteiger partial charge on any atom is 0.494 e. The number of hydrogen-bond donors (Lipinski definition) is 1. The smallest absolute Gasteiger partial charge is 0.486 e. The first-order valence-corrected chi connectivity index (χ1v) is 12.8. The van der Waals surface area contributed by atoms with Crippen LogP contribution in [0, 0.1) is 0 Å². The molecule has 1 aliphatic rings. The summed E-state index contributed by atoms with van der Waals surface area (Å²) in [4.78, 5) is 23.6. The van der Waals surface area contributed by atoms with Gasteiger partial charge >= 0.3 is 19.3 Å². The molecule has 1 N–H and O–H groups in total. The Morgan fingerprint density at radius 3 is 2.10 bits per heavy atom. The third kappa shape index (κ3) is 8.47. The SMILES string of the molecule is COC(=O)CCNC(=O)c1ccc(C(CCCC(F)(F)F)Oc2ccc(B3OC(C)(C)C(C)(C)O3)cc2)cc1. The fraction of sp³-hybridized carbons (Fsp3) is 0.500. The lowest BCUT2D eigenvalue weighted by Gasteiger charge is -2.32. The molecule has 1 atom stereocenters. The minimum atomic E-state index is -4.26. The lowest BCUT2D eigenvalue weighted by molar-refractivity contribution is -0.140. The number of carbonyl (C=O) groups is 2. The van der Waals surface area contributed by atoms with Crippen LogP contribution in [0.25, 0.3) is 0 Å². The first-order chi connectivity index (χ1) is 18.2.